The minimum atomic E-state index is 0.102. The van der Waals surface area contributed by atoms with E-state index in [2.05, 4.69) is 17.6 Å². The van der Waals surface area contributed by atoms with Crippen molar-refractivity contribution < 1.29 is 4.79 Å². The van der Waals surface area contributed by atoms with Gasteiger partial charge in [-0.15, -0.1) is 0 Å². The molecule has 1 rings (SSSR count). The number of hydrogen-bond donors (Lipinski definition) is 2. The fourth-order valence-electron chi connectivity index (χ4n) is 1.63. The van der Waals surface area contributed by atoms with Crippen molar-refractivity contribution in [2.75, 3.05) is 6.54 Å². The van der Waals surface area contributed by atoms with Gasteiger partial charge in [0.25, 0.3) is 0 Å². The van der Waals surface area contributed by atoms with Crippen molar-refractivity contribution >= 4 is 5.91 Å². The largest absolute Gasteiger partial charge is 0.353 e. The molecule has 0 aromatic carbocycles. The minimum absolute atomic E-state index is 0.102. The molecule has 1 aliphatic heterocycles. The Morgan fingerprint density at radius 3 is 2.77 bits per heavy atom. The minimum Gasteiger partial charge on any atom is -0.353 e. The van der Waals surface area contributed by atoms with Crippen LogP contribution in [0.25, 0.3) is 0 Å². The third-order valence-corrected chi connectivity index (χ3v) is 2.49. The van der Waals surface area contributed by atoms with Gasteiger partial charge in [-0.2, -0.15) is 0 Å². The van der Waals surface area contributed by atoms with Crippen LogP contribution < -0.4 is 10.6 Å². The van der Waals surface area contributed by atoms with E-state index in [0.29, 0.717) is 12.1 Å². The zero-order valence-electron chi connectivity index (χ0n) is 8.76. The van der Waals surface area contributed by atoms with Crippen molar-refractivity contribution in [3.63, 3.8) is 0 Å². The quantitative estimate of drug-likeness (QED) is 0.669. The Kier molecular flexibility index (Phi) is 3.72. The van der Waals surface area contributed by atoms with Gasteiger partial charge in [-0.3, -0.25) is 4.79 Å². The first-order chi connectivity index (χ1) is 6.09. The lowest BCUT2D eigenvalue weighted by Gasteiger charge is -2.29. The molecule has 76 valence electrons. The second-order valence-corrected chi connectivity index (χ2v) is 4.24. The van der Waals surface area contributed by atoms with Crippen LogP contribution in [0.5, 0.6) is 0 Å². The number of rotatable bonds is 2. The molecule has 1 amide bonds. The molecular weight excluding hydrogens is 164 g/mol. The number of amides is 1. The molecule has 1 aliphatic rings. The highest BCUT2D eigenvalue weighted by molar-refractivity contribution is 5.78. The average molecular weight is 184 g/mol. The van der Waals surface area contributed by atoms with Crippen LogP contribution in [0.4, 0.5) is 0 Å². The monoisotopic (exact) mass is 184 g/mol. The first-order valence-electron chi connectivity index (χ1n) is 5.13. The van der Waals surface area contributed by atoms with Crippen LogP contribution >= 0.6 is 0 Å². The van der Waals surface area contributed by atoms with Gasteiger partial charge >= 0.3 is 0 Å². The fourth-order valence-corrected chi connectivity index (χ4v) is 1.63. The van der Waals surface area contributed by atoms with Crippen LogP contribution in [0.3, 0.4) is 0 Å². The molecule has 0 aromatic rings. The van der Waals surface area contributed by atoms with Crippen LogP contribution in [0.2, 0.25) is 0 Å². The molecular formula is C10H20N2O. The van der Waals surface area contributed by atoms with Gasteiger partial charge in [0.05, 0.1) is 0 Å². The van der Waals surface area contributed by atoms with E-state index in [1.54, 1.807) is 0 Å². The van der Waals surface area contributed by atoms with Gasteiger partial charge < -0.3 is 10.6 Å². The molecule has 1 fully saturated rings. The molecule has 1 saturated heterocycles. The summed E-state index contributed by atoms with van der Waals surface area (Å²) in [6.07, 6.45) is 2.11. The Morgan fingerprint density at radius 2 is 2.23 bits per heavy atom. The summed E-state index contributed by atoms with van der Waals surface area (Å²) >= 11 is 0. The van der Waals surface area contributed by atoms with E-state index in [1.807, 2.05) is 13.8 Å². The maximum absolute atomic E-state index is 11.4. The first-order valence-corrected chi connectivity index (χ1v) is 5.13. The number of nitrogens with one attached hydrogen (secondary N) is 2. The Labute approximate surface area is 80.3 Å². The van der Waals surface area contributed by atoms with Crippen molar-refractivity contribution in [3.8, 4) is 0 Å². The summed E-state index contributed by atoms with van der Waals surface area (Å²) in [6.45, 7) is 7.04. The van der Waals surface area contributed by atoms with Gasteiger partial charge in [-0.25, -0.2) is 0 Å². The lowest BCUT2D eigenvalue weighted by atomic mass is 10.00. The summed E-state index contributed by atoms with van der Waals surface area (Å²) in [4.78, 5) is 11.4. The third kappa shape index (κ3) is 3.35. The lowest BCUT2D eigenvalue weighted by Crippen LogP contribution is -2.47. The summed E-state index contributed by atoms with van der Waals surface area (Å²) in [5.41, 5.74) is 0. The SMILES string of the molecule is CC1CC(NC(=O)C(C)C)CCN1. The molecule has 3 heteroatoms. The van der Waals surface area contributed by atoms with E-state index < -0.39 is 0 Å². The van der Waals surface area contributed by atoms with Crippen molar-refractivity contribution in [2.45, 2.75) is 45.7 Å². The topological polar surface area (TPSA) is 41.1 Å². The molecule has 2 unspecified atom stereocenters. The number of carbonyl (C=O) groups is 1. The maximum Gasteiger partial charge on any atom is 0.222 e. The fraction of sp³-hybridized carbons (Fsp3) is 0.900. The molecule has 0 aromatic heterocycles. The van der Waals surface area contributed by atoms with Crippen molar-refractivity contribution in [1.82, 2.24) is 10.6 Å². The van der Waals surface area contributed by atoms with Crippen LogP contribution in [0.1, 0.15) is 33.6 Å². The number of carbonyl (C=O) groups excluding carboxylic acids is 1. The summed E-state index contributed by atoms with van der Waals surface area (Å²) < 4.78 is 0. The molecule has 3 nitrogen and oxygen atoms in total. The van der Waals surface area contributed by atoms with E-state index in [0.717, 1.165) is 19.4 Å². The highest BCUT2D eigenvalue weighted by atomic mass is 16.1. The standard InChI is InChI=1S/C10H20N2O/c1-7(2)10(13)12-9-4-5-11-8(3)6-9/h7-9,11H,4-6H2,1-3H3,(H,12,13). The summed E-state index contributed by atoms with van der Waals surface area (Å²) in [6, 6.07) is 0.914. The van der Waals surface area contributed by atoms with Gasteiger partial charge in [-0.05, 0) is 26.3 Å². The Morgan fingerprint density at radius 1 is 1.54 bits per heavy atom. The van der Waals surface area contributed by atoms with E-state index >= 15 is 0 Å². The summed E-state index contributed by atoms with van der Waals surface area (Å²) in [5, 5.41) is 6.43. The highest BCUT2D eigenvalue weighted by Crippen LogP contribution is 2.08. The van der Waals surface area contributed by atoms with Gasteiger partial charge in [0.15, 0.2) is 0 Å². The van der Waals surface area contributed by atoms with Gasteiger partial charge in [0.1, 0.15) is 0 Å². The molecule has 0 radical (unpaired) electrons. The normalized spacial score (nSPS) is 28.9. The highest BCUT2D eigenvalue weighted by Gasteiger charge is 2.20. The molecule has 0 aliphatic carbocycles. The molecule has 0 spiro atoms. The average Bonchev–Trinajstić information content (AvgIpc) is 2.04. The van der Waals surface area contributed by atoms with Crippen LogP contribution in [-0.2, 0) is 4.79 Å². The zero-order chi connectivity index (χ0) is 9.84. The molecule has 0 bridgehead atoms. The second kappa shape index (κ2) is 4.61. The van der Waals surface area contributed by atoms with Gasteiger partial charge in [0.2, 0.25) is 5.91 Å². The van der Waals surface area contributed by atoms with E-state index in [4.69, 9.17) is 0 Å². The third-order valence-electron chi connectivity index (χ3n) is 2.49. The second-order valence-electron chi connectivity index (χ2n) is 4.24. The van der Waals surface area contributed by atoms with Crippen LogP contribution in [0.15, 0.2) is 0 Å². The molecule has 2 N–H and O–H groups in total. The predicted molar refractivity (Wildman–Crippen MR) is 53.5 cm³/mol. The smallest absolute Gasteiger partial charge is 0.222 e. The molecule has 2 atom stereocenters. The Balaban J connectivity index is 2.31. The predicted octanol–water partition coefficient (Wildman–Crippen LogP) is 0.899. The van der Waals surface area contributed by atoms with E-state index in [-0.39, 0.29) is 11.8 Å². The Bertz CT molecular complexity index is 180. The van der Waals surface area contributed by atoms with Crippen LogP contribution in [-0.4, -0.2) is 24.5 Å². The van der Waals surface area contributed by atoms with Crippen LogP contribution in [0, 0.1) is 5.92 Å². The number of hydrogen-bond acceptors (Lipinski definition) is 2. The Hall–Kier alpha value is -0.570. The zero-order valence-corrected chi connectivity index (χ0v) is 8.76. The summed E-state index contributed by atoms with van der Waals surface area (Å²) in [7, 11) is 0. The maximum atomic E-state index is 11.4. The van der Waals surface area contributed by atoms with Gasteiger partial charge in [-0.1, -0.05) is 13.8 Å². The molecule has 0 saturated carbocycles. The van der Waals surface area contributed by atoms with E-state index in [9.17, 15) is 4.79 Å². The number of piperidine rings is 1. The molecule has 1 heterocycles. The van der Waals surface area contributed by atoms with Crippen molar-refractivity contribution in [2.24, 2.45) is 5.92 Å². The van der Waals surface area contributed by atoms with E-state index in [1.165, 1.54) is 0 Å². The van der Waals surface area contributed by atoms with Crippen molar-refractivity contribution in [1.29, 1.82) is 0 Å². The summed E-state index contributed by atoms with van der Waals surface area (Å²) in [5.74, 6) is 0.282. The first kappa shape index (κ1) is 10.5. The van der Waals surface area contributed by atoms with Gasteiger partial charge in [0, 0.05) is 18.0 Å². The lowest BCUT2D eigenvalue weighted by molar-refractivity contribution is -0.124. The van der Waals surface area contributed by atoms with Crippen molar-refractivity contribution in [3.05, 3.63) is 0 Å². The molecule has 13 heavy (non-hydrogen) atoms.